The highest BCUT2D eigenvalue weighted by Crippen LogP contribution is 2.26. The average molecular weight is 578 g/mol. The number of ether oxygens (including phenoxy) is 9. The number of rotatable bonds is 16. The summed E-state index contributed by atoms with van der Waals surface area (Å²) in [4.78, 5) is 12.4. The standard InChI is InChI=1S/C28H25F3O10/c29-22-7-17(1-4-25(22)38-14-33-10-20-12-35-20)28(32)41-19-3-6-27(24(31)9-19)40-16-37-18-2-5-26(23(30)8-18)39-15-34-11-21-13-36-21/h1-9,20-21H,10-16H2. The van der Waals surface area contributed by atoms with Crippen LogP contribution >= 0.6 is 0 Å². The monoisotopic (exact) mass is 578 g/mol. The highest BCUT2D eigenvalue weighted by molar-refractivity contribution is 5.91. The maximum atomic E-state index is 14.5. The summed E-state index contributed by atoms with van der Waals surface area (Å²) < 4.78 is 89.4. The van der Waals surface area contributed by atoms with Crippen LogP contribution in [0.2, 0.25) is 0 Å². The lowest BCUT2D eigenvalue weighted by molar-refractivity contribution is 0.00607. The van der Waals surface area contributed by atoms with Crippen molar-refractivity contribution in [2.24, 2.45) is 0 Å². The molecule has 2 unspecified atom stereocenters. The fourth-order valence-electron chi connectivity index (χ4n) is 3.32. The highest BCUT2D eigenvalue weighted by Gasteiger charge is 2.23. The van der Waals surface area contributed by atoms with Gasteiger partial charge in [0.15, 0.2) is 48.3 Å². The zero-order chi connectivity index (χ0) is 28.6. The minimum Gasteiger partial charge on any atom is -0.464 e. The van der Waals surface area contributed by atoms with Gasteiger partial charge >= 0.3 is 5.97 Å². The minimum absolute atomic E-state index is 0.0252. The van der Waals surface area contributed by atoms with E-state index in [1.807, 2.05) is 0 Å². The maximum Gasteiger partial charge on any atom is 0.343 e. The van der Waals surface area contributed by atoms with Gasteiger partial charge < -0.3 is 42.6 Å². The largest absolute Gasteiger partial charge is 0.464 e. The Labute approximate surface area is 232 Å². The summed E-state index contributed by atoms with van der Waals surface area (Å²) in [5, 5.41) is 0. The van der Waals surface area contributed by atoms with E-state index in [0.717, 1.165) is 18.2 Å². The van der Waals surface area contributed by atoms with E-state index in [9.17, 15) is 18.0 Å². The van der Waals surface area contributed by atoms with Crippen molar-refractivity contribution in [3.05, 3.63) is 77.6 Å². The summed E-state index contributed by atoms with van der Waals surface area (Å²) in [5.41, 5.74) is -0.111. The minimum atomic E-state index is -0.910. The van der Waals surface area contributed by atoms with Gasteiger partial charge in [-0.05, 0) is 42.5 Å². The molecule has 13 heteroatoms. The number of benzene rings is 3. The number of carbonyl (C=O) groups excluding carboxylic acids is 1. The van der Waals surface area contributed by atoms with Crippen molar-refractivity contribution in [3.63, 3.8) is 0 Å². The lowest BCUT2D eigenvalue weighted by Crippen LogP contribution is -2.11. The Bertz CT molecular complexity index is 1350. The van der Waals surface area contributed by atoms with Crippen LogP contribution in [0.25, 0.3) is 0 Å². The van der Waals surface area contributed by atoms with Gasteiger partial charge in [0.25, 0.3) is 0 Å². The molecule has 41 heavy (non-hydrogen) atoms. The predicted octanol–water partition coefficient (Wildman–Crippen LogP) is 4.24. The van der Waals surface area contributed by atoms with Crippen LogP contribution in [0.1, 0.15) is 10.4 Å². The molecule has 0 radical (unpaired) electrons. The lowest BCUT2D eigenvalue weighted by atomic mass is 10.2. The van der Waals surface area contributed by atoms with E-state index >= 15 is 0 Å². The Morgan fingerprint density at radius 1 is 0.659 bits per heavy atom. The van der Waals surface area contributed by atoms with Gasteiger partial charge in [-0.1, -0.05) is 0 Å². The van der Waals surface area contributed by atoms with Gasteiger partial charge in [-0.2, -0.15) is 0 Å². The van der Waals surface area contributed by atoms with E-state index in [1.165, 1.54) is 36.4 Å². The van der Waals surface area contributed by atoms with Gasteiger partial charge in [0.2, 0.25) is 6.79 Å². The van der Waals surface area contributed by atoms with Gasteiger partial charge in [-0.25, -0.2) is 18.0 Å². The first-order valence-electron chi connectivity index (χ1n) is 12.5. The summed E-state index contributed by atoms with van der Waals surface area (Å²) in [7, 11) is 0. The van der Waals surface area contributed by atoms with Gasteiger partial charge in [0.05, 0.1) is 32.0 Å². The van der Waals surface area contributed by atoms with Crippen LogP contribution in [0.4, 0.5) is 13.2 Å². The third-order valence-corrected chi connectivity index (χ3v) is 5.63. The van der Waals surface area contributed by atoms with Gasteiger partial charge in [0.1, 0.15) is 23.7 Å². The molecule has 2 fully saturated rings. The van der Waals surface area contributed by atoms with E-state index in [0.29, 0.717) is 26.4 Å². The molecule has 218 valence electrons. The zero-order valence-corrected chi connectivity index (χ0v) is 21.5. The van der Waals surface area contributed by atoms with Gasteiger partial charge in [-0.3, -0.25) is 0 Å². The van der Waals surface area contributed by atoms with E-state index in [1.54, 1.807) is 0 Å². The maximum absolute atomic E-state index is 14.5. The Balaban J connectivity index is 1.06. The van der Waals surface area contributed by atoms with E-state index in [2.05, 4.69) is 0 Å². The average Bonchev–Trinajstić information content (AvgIpc) is 3.88. The first-order chi connectivity index (χ1) is 19.9. The molecule has 10 nitrogen and oxygen atoms in total. The number of halogens is 3. The molecule has 2 heterocycles. The van der Waals surface area contributed by atoms with Crippen molar-refractivity contribution in [2.75, 3.05) is 46.8 Å². The van der Waals surface area contributed by atoms with Crippen molar-refractivity contribution in [1.82, 2.24) is 0 Å². The third-order valence-electron chi connectivity index (χ3n) is 5.63. The zero-order valence-electron chi connectivity index (χ0n) is 21.5. The molecule has 0 aliphatic carbocycles. The SMILES string of the molecule is O=C(Oc1ccc(OCOc2ccc(OCOCC3CO3)c(F)c2)c(F)c1)c1ccc(OCOCC2CO2)c(F)c1. The van der Waals surface area contributed by atoms with Gasteiger partial charge in [-0.15, -0.1) is 0 Å². The molecule has 0 aromatic heterocycles. The molecule has 0 saturated carbocycles. The molecule has 0 N–H and O–H groups in total. The topological polar surface area (TPSA) is 107 Å². The fraction of sp³-hybridized carbons (Fsp3) is 0.321. The molecule has 3 aromatic carbocycles. The van der Waals surface area contributed by atoms with Crippen molar-refractivity contribution < 1.29 is 60.6 Å². The molecule has 2 aliphatic rings. The molecule has 2 atom stereocenters. The summed E-state index contributed by atoms with van der Waals surface area (Å²) in [6, 6.07) is 10.8. The molecule has 0 amide bonds. The molecule has 5 rings (SSSR count). The Kier molecular flexibility index (Phi) is 9.41. The third kappa shape index (κ3) is 8.72. The quantitative estimate of drug-likeness (QED) is 0.0806. The Morgan fingerprint density at radius 3 is 1.68 bits per heavy atom. The normalized spacial score (nSPS) is 17.0. The lowest BCUT2D eigenvalue weighted by Gasteiger charge is -2.12. The Morgan fingerprint density at radius 2 is 1.15 bits per heavy atom. The Hall–Kier alpha value is -4.04. The molecular formula is C28H25F3O10. The number of epoxide rings is 2. The van der Waals surface area contributed by atoms with Gasteiger partial charge in [0, 0.05) is 12.1 Å². The van der Waals surface area contributed by atoms with Crippen LogP contribution in [0, 0.1) is 17.5 Å². The van der Waals surface area contributed by atoms with E-state index < -0.39 is 30.2 Å². The van der Waals surface area contributed by atoms with E-state index in [4.69, 9.17) is 42.6 Å². The number of hydrogen-bond acceptors (Lipinski definition) is 10. The molecule has 0 spiro atoms. The van der Waals surface area contributed by atoms with Crippen LogP contribution in [-0.2, 0) is 18.9 Å². The summed E-state index contributed by atoms with van der Waals surface area (Å²) in [6.07, 6.45) is 0.123. The van der Waals surface area contributed by atoms with Crippen molar-refractivity contribution in [3.8, 4) is 28.7 Å². The molecular weight excluding hydrogens is 553 g/mol. The second kappa shape index (κ2) is 13.5. The molecule has 2 aliphatic heterocycles. The molecule has 0 bridgehead atoms. The van der Waals surface area contributed by atoms with Crippen LogP contribution < -0.4 is 23.7 Å². The van der Waals surface area contributed by atoms with E-state index in [-0.39, 0.29) is 60.1 Å². The smallest absolute Gasteiger partial charge is 0.343 e. The second-order valence-electron chi connectivity index (χ2n) is 8.80. The highest BCUT2D eigenvalue weighted by atomic mass is 19.1. The van der Waals surface area contributed by atoms with Crippen molar-refractivity contribution in [2.45, 2.75) is 12.2 Å². The number of carbonyl (C=O) groups is 1. The van der Waals surface area contributed by atoms with Crippen molar-refractivity contribution in [1.29, 1.82) is 0 Å². The first-order valence-corrected chi connectivity index (χ1v) is 12.5. The van der Waals surface area contributed by atoms with Crippen LogP contribution in [0.15, 0.2) is 54.6 Å². The first kappa shape index (κ1) is 28.5. The number of hydrogen-bond donors (Lipinski definition) is 0. The summed E-state index contributed by atoms with van der Waals surface area (Å²) >= 11 is 0. The van der Waals surface area contributed by atoms with Crippen LogP contribution in [0.3, 0.4) is 0 Å². The predicted molar refractivity (Wildman–Crippen MR) is 133 cm³/mol. The number of esters is 1. The summed E-state index contributed by atoms with van der Waals surface area (Å²) in [6.45, 7) is 1.25. The summed E-state index contributed by atoms with van der Waals surface area (Å²) in [5.74, 6) is -3.58. The second-order valence-corrected chi connectivity index (χ2v) is 8.80. The van der Waals surface area contributed by atoms with Crippen LogP contribution in [-0.4, -0.2) is 65.0 Å². The fourth-order valence-corrected chi connectivity index (χ4v) is 3.32. The molecule has 3 aromatic rings. The van der Waals surface area contributed by atoms with Crippen molar-refractivity contribution >= 4 is 5.97 Å². The molecule has 2 saturated heterocycles. The van der Waals surface area contributed by atoms with Crippen LogP contribution in [0.5, 0.6) is 28.7 Å².